The molecular weight excluding hydrogens is 302 g/mol. The first-order valence-corrected chi connectivity index (χ1v) is 9.54. The number of carbonyl (C=O) groups excluding carboxylic acids is 1. The Hall–Kier alpha value is -1.56. The molecule has 0 unspecified atom stereocenters. The Morgan fingerprint density at radius 2 is 1.91 bits per heavy atom. The van der Waals surface area contributed by atoms with Gasteiger partial charge in [0.15, 0.2) is 9.84 Å². The van der Waals surface area contributed by atoms with Crippen molar-refractivity contribution in [3.8, 4) is 5.75 Å². The van der Waals surface area contributed by atoms with Crippen molar-refractivity contribution in [3.63, 3.8) is 0 Å². The molecule has 1 aromatic carbocycles. The number of likely N-dealkylation sites (tertiary alicyclic amines) is 1. The van der Waals surface area contributed by atoms with Gasteiger partial charge in [0, 0.05) is 19.3 Å². The van der Waals surface area contributed by atoms with Crippen LogP contribution in [0.1, 0.15) is 25.3 Å². The van der Waals surface area contributed by atoms with Gasteiger partial charge in [0.2, 0.25) is 5.91 Å². The summed E-state index contributed by atoms with van der Waals surface area (Å²) in [5.74, 6) is 0.783. The number of rotatable bonds is 7. The average molecular weight is 325 g/mol. The lowest BCUT2D eigenvalue weighted by molar-refractivity contribution is -0.133. The molecule has 0 N–H and O–H groups in total. The molecule has 0 radical (unpaired) electrons. The molecule has 6 heteroatoms. The second-order valence-corrected chi connectivity index (χ2v) is 8.10. The molecule has 1 heterocycles. The average Bonchev–Trinajstić information content (AvgIpc) is 2.37. The summed E-state index contributed by atoms with van der Waals surface area (Å²) in [6, 6.07) is 7.50. The monoisotopic (exact) mass is 325 g/mol. The molecule has 1 aliphatic rings. The molecule has 0 bridgehead atoms. The molecule has 5 nitrogen and oxygen atoms in total. The number of hydrogen-bond donors (Lipinski definition) is 0. The fourth-order valence-corrected chi connectivity index (χ4v) is 3.14. The van der Waals surface area contributed by atoms with E-state index in [2.05, 4.69) is 6.92 Å². The van der Waals surface area contributed by atoms with Crippen LogP contribution >= 0.6 is 0 Å². The SMILES string of the molecule is CCCCOc1ccc(CC(=O)N2CC(S(C)(=O)=O)C2)cc1. The summed E-state index contributed by atoms with van der Waals surface area (Å²) in [5, 5.41) is -0.397. The molecule has 1 fully saturated rings. The van der Waals surface area contributed by atoms with Crippen LogP contribution in [0.3, 0.4) is 0 Å². The zero-order valence-corrected chi connectivity index (χ0v) is 13.9. The molecule has 0 spiro atoms. The largest absolute Gasteiger partial charge is 0.494 e. The maximum Gasteiger partial charge on any atom is 0.227 e. The van der Waals surface area contributed by atoms with Crippen LogP contribution in [-0.4, -0.2) is 50.4 Å². The van der Waals surface area contributed by atoms with Gasteiger partial charge in [-0.3, -0.25) is 4.79 Å². The summed E-state index contributed by atoms with van der Waals surface area (Å²) in [5.41, 5.74) is 0.913. The van der Waals surface area contributed by atoms with Crippen molar-refractivity contribution in [2.45, 2.75) is 31.4 Å². The topological polar surface area (TPSA) is 63.7 Å². The maximum atomic E-state index is 12.1. The van der Waals surface area contributed by atoms with Crippen LogP contribution < -0.4 is 4.74 Å². The van der Waals surface area contributed by atoms with E-state index in [0.29, 0.717) is 26.1 Å². The van der Waals surface area contributed by atoms with Gasteiger partial charge in [0.25, 0.3) is 0 Å². The third-order valence-electron chi connectivity index (χ3n) is 3.85. The Morgan fingerprint density at radius 1 is 1.27 bits per heavy atom. The first-order valence-electron chi connectivity index (χ1n) is 7.58. The first kappa shape index (κ1) is 16.8. The summed E-state index contributed by atoms with van der Waals surface area (Å²) in [6.45, 7) is 3.45. The number of nitrogens with zero attached hydrogens (tertiary/aromatic N) is 1. The van der Waals surface area contributed by atoms with E-state index in [0.717, 1.165) is 24.2 Å². The molecule has 1 saturated heterocycles. The fourth-order valence-electron chi connectivity index (χ4n) is 2.24. The molecule has 0 saturated carbocycles. The minimum atomic E-state index is -3.03. The van der Waals surface area contributed by atoms with Crippen LogP contribution in [0.25, 0.3) is 0 Å². The van der Waals surface area contributed by atoms with E-state index in [1.165, 1.54) is 6.26 Å². The van der Waals surface area contributed by atoms with Crippen molar-refractivity contribution in [3.05, 3.63) is 29.8 Å². The number of sulfone groups is 1. The Kier molecular flexibility index (Phi) is 5.45. The lowest BCUT2D eigenvalue weighted by Crippen LogP contribution is -2.57. The van der Waals surface area contributed by atoms with Crippen molar-refractivity contribution >= 4 is 15.7 Å². The molecule has 1 aromatic rings. The molecule has 2 rings (SSSR count). The van der Waals surface area contributed by atoms with Crippen LogP contribution in [0.4, 0.5) is 0 Å². The van der Waals surface area contributed by atoms with E-state index in [-0.39, 0.29) is 5.91 Å². The summed E-state index contributed by atoms with van der Waals surface area (Å²) in [4.78, 5) is 13.7. The lowest BCUT2D eigenvalue weighted by atomic mass is 10.1. The molecular formula is C16H23NO4S. The third kappa shape index (κ3) is 4.47. The highest BCUT2D eigenvalue weighted by Gasteiger charge is 2.36. The Labute approximate surface area is 132 Å². The Bertz CT molecular complexity index is 604. The predicted octanol–water partition coefficient (Wildman–Crippen LogP) is 1.66. The van der Waals surface area contributed by atoms with E-state index in [4.69, 9.17) is 4.74 Å². The number of carbonyl (C=O) groups is 1. The number of hydrogen-bond acceptors (Lipinski definition) is 4. The highest BCUT2D eigenvalue weighted by atomic mass is 32.2. The molecule has 1 amide bonds. The number of ether oxygens (including phenoxy) is 1. The van der Waals surface area contributed by atoms with Gasteiger partial charge in [-0.25, -0.2) is 8.42 Å². The normalized spacial score (nSPS) is 15.5. The van der Waals surface area contributed by atoms with Crippen LogP contribution in [0.5, 0.6) is 5.75 Å². The van der Waals surface area contributed by atoms with Crippen LogP contribution in [-0.2, 0) is 21.1 Å². The summed E-state index contributed by atoms with van der Waals surface area (Å²) >= 11 is 0. The third-order valence-corrected chi connectivity index (χ3v) is 5.36. The number of benzene rings is 1. The molecule has 0 aliphatic carbocycles. The zero-order valence-electron chi connectivity index (χ0n) is 13.1. The van der Waals surface area contributed by atoms with Crippen molar-refractivity contribution in [1.82, 2.24) is 4.90 Å². The van der Waals surface area contributed by atoms with Gasteiger partial charge in [0.1, 0.15) is 5.75 Å². The predicted molar refractivity (Wildman–Crippen MR) is 85.8 cm³/mol. The summed E-state index contributed by atoms with van der Waals surface area (Å²) in [7, 11) is -3.03. The number of amides is 1. The van der Waals surface area contributed by atoms with Crippen LogP contribution in [0, 0.1) is 0 Å². The van der Waals surface area contributed by atoms with E-state index in [1.54, 1.807) is 4.90 Å². The quantitative estimate of drug-likeness (QED) is 0.715. The van der Waals surface area contributed by atoms with Gasteiger partial charge in [-0.05, 0) is 24.1 Å². The molecule has 0 atom stereocenters. The van der Waals surface area contributed by atoms with Crippen molar-refractivity contribution in [2.24, 2.45) is 0 Å². The van der Waals surface area contributed by atoms with Gasteiger partial charge in [-0.2, -0.15) is 0 Å². The molecule has 0 aromatic heterocycles. The second-order valence-electron chi connectivity index (χ2n) is 5.77. The molecule has 1 aliphatic heterocycles. The van der Waals surface area contributed by atoms with Gasteiger partial charge < -0.3 is 9.64 Å². The standard InChI is InChI=1S/C16H23NO4S/c1-3-4-9-21-14-7-5-13(6-8-14)10-16(18)17-11-15(12-17)22(2,19)20/h5-8,15H,3-4,9-12H2,1-2H3. The highest BCUT2D eigenvalue weighted by Crippen LogP contribution is 2.18. The van der Waals surface area contributed by atoms with E-state index in [1.807, 2.05) is 24.3 Å². The second kappa shape index (κ2) is 7.13. The van der Waals surface area contributed by atoms with Crippen molar-refractivity contribution in [2.75, 3.05) is 26.0 Å². The van der Waals surface area contributed by atoms with Gasteiger partial charge in [-0.1, -0.05) is 25.5 Å². The lowest BCUT2D eigenvalue weighted by Gasteiger charge is -2.38. The first-order chi connectivity index (χ1) is 10.4. The summed E-state index contributed by atoms with van der Waals surface area (Å²) in [6.07, 6.45) is 3.63. The molecule has 22 heavy (non-hydrogen) atoms. The van der Waals surface area contributed by atoms with Gasteiger partial charge >= 0.3 is 0 Å². The van der Waals surface area contributed by atoms with Gasteiger partial charge in [0.05, 0.1) is 18.3 Å². The zero-order chi connectivity index (χ0) is 16.2. The molecule has 122 valence electrons. The minimum absolute atomic E-state index is 0.0282. The van der Waals surface area contributed by atoms with Crippen molar-refractivity contribution in [1.29, 1.82) is 0 Å². The van der Waals surface area contributed by atoms with Crippen LogP contribution in [0.2, 0.25) is 0 Å². The smallest absolute Gasteiger partial charge is 0.227 e. The minimum Gasteiger partial charge on any atom is -0.494 e. The van der Waals surface area contributed by atoms with E-state index >= 15 is 0 Å². The van der Waals surface area contributed by atoms with Crippen LogP contribution in [0.15, 0.2) is 24.3 Å². The van der Waals surface area contributed by atoms with E-state index in [9.17, 15) is 13.2 Å². The fraction of sp³-hybridized carbons (Fsp3) is 0.562. The van der Waals surface area contributed by atoms with Gasteiger partial charge in [-0.15, -0.1) is 0 Å². The summed E-state index contributed by atoms with van der Waals surface area (Å²) < 4.78 is 28.2. The Balaban J connectivity index is 1.80. The van der Waals surface area contributed by atoms with Crippen molar-refractivity contribution < 1.29 is 17.9 Å². The number of unbranched alkanes of at least 4 members (excludes halogenated alkanes) is 1. The highest BCUT2D eigenvalue weighted by molar-refractivity contribution is 7.91. The van der Waals surface area contributed by atoms with E-state index < -0.39 is 15.1 Å². The maximum absolute atomic E-state index is 12.1. The Morgan fingerprint density at radius 3 is 2.45 bits per heavy atom.